The summed E-state index contributed by atoms with van der Waals surface area (Å²) >= 11 is 0. The van der Waals surface area contributed by atoms with Crippen LogP contribution in [0.4, 0.5) is 0 Å². The number of likely N-dealkylation sites (N-methyl/N-ethyl adjacent to an activating group) is 1. The molecular weight excluding hydrogens is 270 g/mol. The van der Waals surface area contributed by atoms with Crippen molar-refractivity contribution in [2.24, 2.45) is 0 Å². The van der Waals surface area contributed by atoms with Gasteiger partial charge in [0.2, 0.25) is 15.9 Å². The molecule has 7 nitrogen and oxygen atoms in total. The summed E-state index contributed by atoms with van der Waals surface area (Å²) in [4.78, 5) is 13.5. The van der Waals surface area contributed by atoms with E-state index in [1.165, 1.54) is 9.21 Å². The first kappa shape index (κ1) is 14.0. The Bertz CT molecular complexity index is 588. The van der Waals surface area contributed by atoms with Gasteiger partial charge in [0.25, 0.3) is 0 Å². The number of nitrogens with zero attached hydrogens (tertiary/aromatic N) is 3. The minimum atomic E-state index is -3.76. The second-order valence-corrected chi connectivity index (χ2v) is 6.53. The van der Waals surface area contributed by atoms with Crippen LogP contribution < -0.4 is 0 Å². The van der Waals surface area contributed by atoms with Gasteiger partial charge < -0.3 is 9.42 Å². The zero-order chi connectivity index (χ0) is 14.4. The van der Waals surface area contributed by atoms with Gasteiger partial charge >= 0.3 is 0 Å². The Morgan fingerprint density at radius 3 is 2.47 bits per heavy atom. The summed E-state index contributed by atoms with van der Waals surface area (Å²) in [7, 11) is -2.09. The van der Waals surface area contributed by atoms with Crippen LogP contribution in [0.3, 0.4) is 0 Å². The monoisotopic (exact) mass is 287 g/mol. The summed E-state index contributed by atoms with van der Waals surface area (Å²) in [6, 6.07) is -0.711. The summed E-state index contributed by atoms with van der Waals surface area (Å²) in [5, 5.41) is 3.66. The number of aromatic nitrogens is 1. The molecule has 1 aromatic heterocycles. The molecule has 8 heteroatoms. The molecule has 1 amide bonds. The van der Waals surface area contributed by atoms with E-state index in [1.54, 1.807) is 27.8 Å². The first-order valence-electron chi connectivity index (χ1n) is 5.96. The van der Waals surface area contributed by atoms with E-state index in [0.717, 1.165) is 0 Å². The summed E-state index contributed by atoms with van der Waals surface area (Å²) in [5.41, 5.74) is 0.316. The molecule has 106 valence electrons. The van der Waals surface area contributed by atoms with E-state index in [0.29, 0.717) is 12.2 Å². The standard InChI is InChI=1S/C11H17N3O4S/c1-7-10(9(3)18-12-7)19(16,17)14-6-5-13(4)11(15)8(14)2/h8H,5-6H2,1-4H3. The van der Waals surface area contributed by atoms with E-state index in [1.807, 2.05) is 0 Å². The molecule has 1 aliphatic heterocycles. The highest BCUT2D eigenvalue weighted by molar-refractivity contribution is 7.89. The number of hydrogen-bond donors (Lipinski definition) is 0. The van der Waals surface area contributed by atoms with Crippen LogP contribution >= 0.6 is 0 Å². The molecule has 0 bridgehead atoms. The van der Waals surface area contributed by atoms with Gasteiger partial charge in [-0.25, -0.2) is 8.42 Å². The Balaban J connectivity index is 2.44. The molecular formula is C11H17N3O4S. The lowest BCUT2D eigenvalue weighted by Crippen LogP contribution is -2.56. The third kappa shape index (κ3) is 2.14. The molecule has 1 unspecified atom stereocenters. The van der Waals surface area contributed by atoms with Crippen LogP contribution in [0.1, 0.15) is 18.4 Å². The highest BCUT2D eigenvalue weighted by Crippen LogP contribution is 2.26. The predicted molar refractivity (Wildman–Crippen MR) is 67.0 cm³/mol. The van der Waals surface area contributed by atoms with Gasteiger partial charge in [0.05, 0.1) is 0 Å². The molecule has 1 aromatic rings. The predicted octanol–water partition coefficient (Wildman–Crippen LogP) is 0.143. The number of sulfonamides is 1. The maximum atomic E-state index is 12.6. The molecule has 0 N–H and O–H groups in total. The maximum absolute atomic E-state index is 12.6. The Morgan fingerprint density at radius 1 is 1.32 bits per heavy atom. The van der Waals surface area contributed by atoms with Gasteiger partial charge in [-0.3, -0.25) is 4.79 Å². The van der Waals surface area contributed by atoms with Crippen molar-refractivity contribution in [2.75, 3.05) is 20.1 Å². The lowest BCUT2D eigenvalue weighted by atomic mass is 10.2. The normalized spacial score (nSPS) is 22.0. The van der Waals surface area contributed by atoms with Crippen LogP contribution in [-0.4, -0.2) is 54.9 Å². The molecule has 0 radical (unpaired) electrons. The fourth-order valence-electron chi connectivity index (χ4n) is 2.28. The molecule has 0 aromatic carbocycles. The minimum Gasteiger partial charge on any atom is -0.360 e. The second kappa shape index (κ2) is 4.61. The molecule has 2 heterocycles. The Morgan fingerprint density at radius 2 is 1.95 bits per heavy atom. The van der Waals surface area contributed by atoms with Crippen molar-refractivity contribution in [3.8, 4) is 0 Å². The van der Waals surface area contributed by atoms with Crippen molar-refractivity contribution in [1.29, 1.82) is 0 Å². The highest BCUT2D eigenvalue weighted by atomic mass is 32.2. The van der Waals surface area contributed by atoms with Crippen LogP contribution in [0.25, 0.3) is 0 Å². The summed E-state index contributed by atoms with van der Waals surface area (Å²) < 4.78 is 31.3. The molecule has 1 saturated heterocycles. The molecule has 1 atom stereocenters. The molecule has 0 saturated carbocycles. The average Bonchev–Trinajstić information content (AvgIpc) is 2.66. The third-order valence-corrected chi connectivity index (χ3v) is 5.57. The van der Waals surface area contributed by atoms with Gasteiger partial charge in [-0.1, -0.05) is 5.16 Å². The second-order valence-electron chi connectivity index (χ2n) is 4.70. The molecule has 1 aliphatic rings. The number of carbonyl (C=O) groups is 1. The van der Waals surface area contributed by atoms with Crippen LogP contribution in [-0.2, 0) is 14.8 Å². The van der Waals surface area contributed by atoms with Crippen molar-refractivity contribution in [2.45, 2.75) is 31.7 Å². The van der Waals surface area contributed by atoms with Crippen molar-refractivity contribution in [3.05, 3.63) is 11.5 Å². The molecule has 0 spiro atoms. The van der Waals surface area contributed by atoms with Crippen molar-refractivity contribution >= 4 is 15.9 Å². The van der Waals surface area contributed by atoms with Crippen LogP contribution in [0, 0.1) is 13.8 Å². The van der Waals surface area contributed by atoms with Gasteiger partial charge in [-0.15, -0.1) is 0 Å². The number of rotatable bonds is 2. The van der Waals surface area contributed by atoms with E-state index >= 15 is 0 Å². The Kier molecular flexibility index (Phi) is 3.40. The first-order valence-corrected chi connectivity index (χ1v) is 7.40. The van der Waals surface area contributed by atoms with Gasteiger partial charge in [-0.05, 0) is 20.8 Å². The fourth-order valence-corrected chi connectivity index (χ4v) is 4.16. The summed E-state index contributed by atoms with van der Waals surface area (Å²) in [5.74, 6) is 0.0395. The van der Waals surface area contributed by atoms with Gasteiger partial charge in [0, 0.05) is 20.1 Å². The molecule has 19 heavy (non-hydrogen) atoms. The zero-order valence-corrected chi connectivity index (χ0v) is 12.2. The smallest absolute Gasteiger partial charge is 0.249 e. The van der Waals surface area contributed by atoms with E-state index in [2.05, 4.69) is 5.16 Å². The topological polar surface area (TPSA) is 83.7 Å². The van der Waals surface area contributed by atoms with Crippen molar-refractivity contribution < 1.29 is 17.7 Å². The summed E-state index contributed by atoms with van der Waals surface area (Å²) in [6.45, 7) is 5.37. The van der Waals surface area contributed by atoms with Gasteiger partial charge in [0.15, 0.2) is 5.76 Å². The van der Waals surface area contributed by atoms with Gasteiger partial charge in [0.1, 0.15) is 16.6 Å². The quantitative estimate of drug-likeness (QED) is 0.772. The van der Waals surface area contributed by atoms with E-state index < -0.39 is 16.1 Å². The van der Waals surface area contributed by atoms with Crippen molar-refractivity contribution in [3.63, 3.8) is 0 Å². The number of piperazine rings is 1. The number of aryl methyl sites for hydroxylation is 2. The molecule has 1 fully saturated rings. The average molecular weight is 287 g/mol. The van der Waals surface area contributed by atoms with Crippen LogP contribution in [0.15, 0.2) is 9.42 Å². The summed E-state index contributed by atoms with van der Waals surface area (Å²) in [6.07, 6.45) is 0. The SMILES string of the molecule is Cc1noc(C)c1S(=O)(=O)N1CCN(C)C(=O)C1C. The fraction of sp³-hybridized carbons (Fsp3) is 0.636. The van der Waals surface area contributed by atoms with E-state index in [-0.39, 0.29) is 23.1 Å². The highest BCUT2D eigenvalue weighted by Gasteiger charge is 2.40. The number of carbonyl (C=O) groups excluding carboxylic acids is 1. The van der Waals surface area contributed by atoms with Crippen LogP contribution in [0.2, 0.25) is 0 Å². The Hall–Kier alpha value is -1.41. The minimum absolute atomic E-state index is 0.0664. The Labute approximate surface area is 112 Å². The maximum Gasteiger partial charge on any atom is 0.249 e. The lowest BCUT2D eigenvalue weighted by Gasteiger charge is -2.36. The van der Waals surface area contributed by atoms with Crippen molar-refractivity contribution in [1.82, 2.24) is 14.4 Å². The van der Waals surface area contributed by atoms with Gasteiger partial charge in [-0.2, -0.15) is 4.31 Å². The van der Waals surface area contributed by atoms with Crippen LogP contribution in [0.5, 0.6) is 0 Å². The lowest BCUT2D eigenvalue weighted by molar-refractivity contribution is -0.136. The largest absolute Gasteiger partial charge is 0.360 e. The zero-order valence-electron chi connectivity index (χ0n) is 11.4. The van der Waals surface area contributed by atoms with E-state index in [9.17, 15) is 13.2 Å². The molecule has 0 aliphatic carbocycles. The first-order chi connectivity index (χ1) is 8.76. The molecule has 2 rings (SSSR count). The number of hydrogen-bond acceptors (Lipinski definition) is 5. The van der Waals surface area contributed by atoms with E-state index in [4.69, 9.17) is 4.52 Å². The number of amides is 1. The third-order valence-electron chi connectivity index (χ3n) is 3.36.